The van der Waals surface area contributed by atoms with E-state index in [1.165, 1.54) is 6.07 Å². The normalized spacial score (nSPS) is 14.9. The molecule has 0 radical (unpaired) electrons. The van der Waals surface area contributed by atoms with Crippen LogP contribution >= 0.6 is 0 Å². The van der Waals surface area contributed by atoms with Crippen LogP contribution in [0.25, 0.3) is 22.6 Å². The van der Waals surface area contributed by atoms with Crippen LogP contribution in [0.15, 0.2) is 59.1 Å². The van der Waals surface area contributed by atoms with E-state index in [9.17, 15) is 18.0 Å². The number of alkyl halides is 3. The second kappa shape index (κ2) is 10.7. The number of piperidine rings is 1. The van der Waals surface area contributed by atoms with Gasteiger partial charge in [-0.25, -0.2) is 9.97 Å². The van der Waals surface area contributed by atoms with Gasteiger partial charge in [-0.05, 0) is 67.5 Å². The molecule has 1 aliphatic heterocycles. The number of halogens is 3. The van der Waals surface area contributed by atoms with Gasteiger partial charge in [0.2, 0.25) is 5.89 Å². The van der Waals surface area contributed by atoms with Gasteiger partial charge < -0.3 is 15.1 Å². The molecule has 4 aromatic rings. The van der Waals surface area contributed by atoms with Crippen molar-refractivity contribution >= 4 is 28.4 Å². The van der Waals surface area contributed by atoms with Crippen molar-refractivity contribution in [3.8, 4) is 11.5 Å². The summed E-state index contributed by atoms with van der Waals surface area (Å²) in [5, 5.41) is 0. The highest BCUT2D eigenvalue weighted by Gasteiger charge is 2.31. The number of Topliss-reactive ketones (excluding diaryl/α,β-unsaturated/α-hetero) is 1. The number of nitrogen functional groups attached to an aromatic ring is 1. The number of ketones is 1. The maximum absolute atomic E-state index is 12.9. The number of benzene rings is 2. The summed E-state index contributed by atoms with van der Waals surface area (Å²) in [6, 6.07) is 13.5. The second-order valence-electron chi connectivity index (χ2n) is 10.5. The van der Waals surface area contributed by atoms with Gasteiger partial charge in [0, 0.05) is 48.1 Å². The molecule has 3 heterocycles. The van der Waals surface area contributed by atoms with Crippen LogP contribution in [0.1, 0.15) is 66.9 Å². The average Bonchev–Trinajstić information content (AvgIpc) is 3.35. The van der Waals surface area contributed by atoms with Gasteiger partial charge in [0.15, 0.2) is 11.4 Å². The summed E-state index contributed by atoms with van der Waals surface area (Å²) in [5.74, 6) is 1.76. The molecule has 6 nitrogen and oxygen atoms in total. The summed E-state index contributed by atoms with van der Waals surface area (Å²) in [5.41, 5.74) is 9.84. The summed E-state index contributed by atoms with van der Waals surface area (Å²) >= 11 is 0. The molecule has 0 atom stereocenters. The van der Waals surface area contributed by atoms with E-state index in [2.05, 4.69) is 23.8 Å². The SMILES string of the molecule is CC(C)c1cc(N)cc2nc(-c3ccc(C(=O)CCC4CCN(c5ccc(C(F)(F)F)cn5)CC4)cc3)oc12. The number of pyridine rings is 1. The molecule has 0 bridgehead atoms. The molecule has 2 aromatic heterocycles. The summed E-state index contributed by atoms with van der Waals surface area (Å²) in [7, 11) is 0. The zero-order valence-corrected chi connectivity index (χ0v) is 22.0. The number of anilines is 2. The van der Waals surface area contributed by atoms with E-state index in [1.807, 2.05) is 35.2 Å². The van der Waals surface area contributed by atoms with Crippen LogP contribution in [0.2, 0.25) is 0 Å². The van der Waals surface area contributed by atoms with Gasteiger partial charge >= 0.3 is 6.18 Å². The van der Waals surface area contributed by atoms with E-state index < -0.39 is 11.7 Å². The Kier molecular flexibility index (Phi) is 7.34. The Labute approximate surface area is 225 Å². The summed E-state index contributed by atoms with van der Waals surface area (Å²) in [6.07, 6.45) is -0.538. The van der Waals surface area contributed by atoms with Crippen molar-refractivity contribution in [3.05, 3.63) is 71.4 Å². The molecule has 1 aliphatic rings. The molecule has 0 aliphatic carbocycles. The highest BCUT2D eigenvalue weighted by atomic mass is 19.4. The molecule has 9 heteroatoms. The minimum absolute atomic E-state index is 0.0841. The smallest absolute Gasteiger partial charge is 0.417 e. The second-order valence-corrected chi connectivity index (χ2v) is 10.5. The van der Waals surface area contributed by atoms with Crippen molar-refractivity contribution in [2.45, 2.75) is 51.6 Å². The van der Waals surface area contributed by atoms with Crippen LogP contribution in [-0.2, 0) is 6.18 Å². The van der Waals surface area contributed by atoms with Gasteiger partial charge in [-0.15, -0.1) is 0 Å². The lowest BCUT2D eigenvalue weighted by atomic mass is 9.90. The summed E-state index contributed by atoms with van der Waals surface area (Å²) in [4.78, 5) is 23.5. The highest BCUT2D eigenvalue weighted by Crippen LogP contribution is 2.33. The predicted molar refractivity (Wildman–Crippen MR) is 146 cm³/mol. The number of aromatic nitrogens is 2. The molecular formula is C30H31F3N4O2. The number of oxazole rings is 1. The number of fused-ring (bicyclic) bond motifs is 1. The van der Waals surface area contributed by atoms with Crippen LogP contribution in [0.3, 0.4) is 0 Å². The fraction of sp³-hybridized carbons (Fsp3) is 0.367. The van der Waals surface area contributed by atoms with Crippen molar-refractivity contribution in [2.75, 3.05) is 23.7 Å². The summed E-state index contributed by atoms with van der Waals surface area (Å²) < 4.78 is 44.4. The number of carbonyl (C=O) groups is 1. The standard InChI is InChI=1S/C30H31F3N4O2/c1-18(2)24-15-23(34)16-25-28(24)39-29(36-25)21-6-4-20(5-7-21)26(38)9-3-19-11-13-37(14-12-19)27-10-8-22(17-35-27)30(31,32)33/h4-8,10,15-19H,3,9,11-14,34H2,1-2H3. The third-order valence-electron chi connectivity index (χ3n) is 7.41. The van der Waals surface area contributed by atoms with E-state index in [4.69, 9.17) is 10.2 Å². The van der Waals surface area contributed by atoms with Gasteiger partial charge in [-0.2, -0.15) is 13.2 Å². The van der Waals surface area contributed by atoms with E-state index in [0.29, 0.717) is 53.9 Å². The quantitative estimate of drug-likeness (QED) is 0.195. The Balaban J connectivity index is 1.15. The topological polar surface area (TPSA) is 85.2 Å². The molecule has 5 rings (SSSR count). The van der Waals surface area contributed by atoms with E-state index >= 15 is 0 Å². The van der Waals surface area contributed by atoms with E-state index in [0.717, 1.165) is 48.2 Å². The number of carbonyl (C=O) groups excluding carboxylic acids is 1. The molecular weight excluding hydrogens is 505 g/mol. The minimum Gasteiger partial charge on any atom is -0.436 e. The third kappa shape index (κ3) is 5.92. The van der Waals surface area contributed by atoms with Gasteiger partial charge in [0.05, 0.1) is 5.56 Å². The molecule has 0 unspecified atom stereocenters. The lowest BCUT2D eigenvalue weighted by molar-refractivity contribution is -0.137. The van der Waals surface area contributed by atoms with Crippen LogP contribution in [-0.4, -0.2) is 28.8 Å². The molecule has 1 fully saturated rings. The lowest BCUT2D eigenvalue weighted by Gasteiger charge is -2.32. The number of rotatable bonds is 7. The van der Waals surface area contributed by atoms with Gasteiger partial charge in [0.1, 0.15) is 11.3 Å². The fourth-order valence-electron chi connectivity index (χ4n) is 5.10. The minimum atomic E-state index is -4.39. The third-order valence-corrected chi connectivity index (χ3v) is 7.41. The number of hydrogen-bond acceptors (Lipinski definition) is 6. The first kappa shape index (κ1) is 26.7. The van der Waals surface area contributed by atoms with Crippen molar-refractivity contribution in [1.82, 2.24) is 9.97 Å². The van der Waals surface area contributed by atoms with Gasteiger partial charge in [-0.3, -0.25) is 4.79 Å². The lowest BCUT2D eigenvalue weighted by Crippen LogP contribution is -2.34. The van der Waals surface area contributed by atoms with E-state index in [-0.39, 0.29) is 11.7 Å². The van der Waals surface area contributed by atoms with Gasteiger partial charge in [-0.1, -0.05) is 26.0 Å². The molecule has 1 saturated heterocycles. The Morgan fingerprint density at radius 3 is 2.44 bits per heavy atom. The molecule has 39 heavy (non-hydrogen) atoms. The van der Waals surface area contributed by atoms with Crippen molar-refractivity contribution in [2.24, 2.45) is 5.92 Å². The zero-order chi connectivity index (χ0) is 27.7. The highest BCUT2D eigenvalue weighted by molar-refractivity contribution is 5.96. The molecule has 2 N–H and O–H groups in total. The van der Waals surface area contributed by atoms with Crippen LogP contribution in [0, 0.1) is 5.92 Å². The largest absolute Gasteiger partial charge is 0.436 e. The monoisotopic (exact) mass is 536 g/mol. The van der Waals surface area contributed by atoms with Crippen LogP contribution < -0.4 is 10.6 Å². The number of hydrogen-bond donors (Lipinski definition) is 1. The molecule has 0 spiro atoms. The predicted octanol–water partition coefficient (Wildman–Crippen LogP) is 7.49. The Morgan fingerprint density at radius 1 is 1.10 bits per heavy atom. The fourth-order valence-corrected chi connectivity index (χ4v) is 5.10. The average molecular weight is 537 g/mol. The first-order valence-corrected chi connectivity index (χ1v) is 13.2. The molecule has 2 aromatic carbocycles. The van der Waals surface area contributed by atoms with Crippen molar-refractivity contribution in [1.29, 1.82) is 0 Å². The molecule has 0 saturated carbocycles. The Morgan fingerprint density at radius 2 is 1.82 bits per heavy atom. The zero-order valence-electron chi connectivity index (χ0n) is 22.0. The Bertz CT molecular complexity index is 1450. The van der Waals surface area contributed by atoms with Gasteiger partial charge in [0.25, 0.3) is 0 Å². The van der Waals surface area contributed by atoms with Crippen LogP contribution in [0.4, 0.5) is 24.7 Å². The first-order valence-electron chi connectivity index (χ1n) is 13.2. The maximum Gasteiger partial charge on any atom is 0.417 e. The molecule has 204 valence electrons. The summed E-state index contributed by atoms with van der Waals surface area (Å²) in [6.45, 7) is 5.58. The van der Waals surface area contributed by atoms with Crippen molar-refractivity contribution in [3.63, 3.8) is 0 Å². The van der Waals surface area contributed by atoms with Crippen molar-refractivity contribution < 1.29 is 22.4 Å². The van der Waals surface area contributed by atoms with E-state index in [1.54, 1.807) is 6.07 Å². The Hall–Kier alpha value is -3.88. The number of nitrogens with zero attached hydrogens (tertiary/aromatic N) is 3. The van der Waals surface area contributed by atoms with Crippen LogP contribution in [0.5, 0.6) is 0 Å². The molecule has 0 amide bonds. The number of nitrogens with two attached hydrogens (primary N) is 1. The first-order chi connectivity index (χ1) is 18.6. The maximum atomic E-state index is 12.9.